The molecule has 1 fully saturated rings. The molecule has 0 bridgehead atoms. The Kier molecular flexibility index (Phi) is 4.76. The van der Waals surface area contributed by atoms with E-state index in [2.05, 4.69) is 10.3 Å². The molecular weight excluding hydrogens is 390 g/mol. The number of amides is 3. The third-order valence-electron chi connectivity index (χ3n) is 6.53. The van der Waals surface area contributed by atoms with Gasteiger partial charge in [-0.3, -0.25) is 9.78 Å². The molecule has 1 aliphatic carbocycles. The quantitative estimate of drug-likeness (QED) is 0.815. The molecule has 0 radical (unpaired) electrons. The lowest BCUT2D eigenvalue weighted by molar-refractivity contribution is -0.145. The SMILES string of the molecule is CC1(C)CC(c2ccc(NC(=O)N3Cc4ccncc4C3)cc2)=NN(C2CCC2)C1=O. The molecule has 0 unspecified atom stereocenters. The second-order valence-electron chi connectivity index (χ2n) is 9.35. The van der Waals surface area contributed by atoms with Crippen LogP contribution in [0.5, 0.6) is 0 Å². The summed E-state index contributed by atoms with van der Waals surface area (Å²) in [4.78, 5) is 31.4. The molecule has 0 saturated heterocycles. The first-order chi connectivity index (χ1) is 14.9. The van der Waals surface area contributed by atoms with E-state index in [9.17, 15) is 9.59 Å². The van der Waals surface area contributed by atoms with Crippen LogP contribution in [-0.4, -0.2) is 38.6 Å². The van der Waals surface area contributed by atoms with Gasteiger partial charge in [-0.2, -0.15) is 5.10 Å². The molecule has 2 aromatic rings. The van der Waals surface area contributed by atoms with Crippen molar-refractivity contribution in [1.82, 2.24) is 14.9 Å². The molecular formula is C24H27N5O2. The molecule has 1 saturated carbocycles. The molecule has 7 heteroatoms. The number of urea groups is 1. The highest BCUT2D eigenvalue weighted by atomic mass is 16.2. The lowest BCUT2D eigenvalue weighted by Crippen LogP contribution is -2.50. The second-order valence-corrected chi connectivity index (χ2v) is 9.35. The maximum absolute atomic E-state index is 12.8. The van der Waals surface area contributed by atoms with E-state index in [1.54, 1.807) is 16.1 Å². The average Bonchev–Trinajstić information content (AvgIpc) is 3.15. The third kappa shape index (κ3) is 3.69. The topological polar surface area (TPSA) is 77.9 Å². The van der Waals surface area contributed by atoms with Crippen LogP contribution in [-0.2, 0) is 17.9 Å². The summed E-state index contributed by atoms with van der Waals surface area (Å²) >= 11 is 0. The molecule has 2 aliphatic heterocycles. The van der Waals surface area contributed by atoms with Crippen LogP contribution in [0.4, 0.5) is 10.5 Å². The number of hydrazone groups is 1. The lowest BCUT2D eigenvalue weighted by atomic mass is 9.81. The standard InChI is InChI=1S/C24H27N5O2/c1-24(2)12-21(27-29(22(24)30)20-4-3-5-20)16-6-8-19(9-7-16)26-23(31)28-14-17-10-11-25-13-18(17)15-28/h6-11,13,20H,3-5,12,14-15H2,1-2H3,(H,26,31). The molecule has 0 spiro atoms. The van der Waals surface area contributed by atoms with Gasteiger partial charge in [0.1, 0.15) is 0 Å². The molecule has 3 aliphatic rings. The minimum Gasteiger partial charge on any atom is -0.316 e. The summed E-state index contributed by atoms with van der Waals surface area (Å²) in [5.74, 6) is 0.117. The lowest BCUT2D eigenvalue weighted by Gasteiger charge is -2.41. The Morgan fingerprint density at radius 3 is 2.52 bits per heavy atom. The Morgan fingerprint density at radius 2 is 1.84 bits per heavy atom. The minimum absolute atomic E-state index is 0.117. The monoisotopic (exact) mass is 417 g/mol. The summed E-state index contributed by atoms with van der Waals surface area (Å²) in [6.45, 7) is 5.16. The van der Waals surface area contributed by atoms with Crippen LogP contribution < -0.4 is 5.32 Å². The van der Waals surface area contributed by atoms with Crippen LogP contribution in [0.1, 0.15) is 56.2 Å². The van der Waals surface area contributed by atoms with Crippen molar-refractivity contribution in [1.29, 1.82) is 0 Å². The highest BCUT2D eigenvalue weighted by Crippen LogP contribution is 2.36. The number of hydrogen-bond acceptors (Lipinski definition) is 4. The minimum atomic E-state index is -0.459. The molecule has 1 aromatic heterocycles. The Bertz CT molecular complexity index is 1030. The number of hydrogen-bond donors (Lipinski definition) is 1. The summed E-state index contributed by atoms with van der Waals surface area (Å²) in [7, 11) is 0. The van der Waals surface area contributed by atoms with Gasteiger partial charge < -0.3 is 10.2 Å². The van der Waals surface area contributed by atoms with Crippen molar-refractivity contribution < 1.29 is 9.59 Å². The summed E-state index contributed by atoms with van der Waals surface area (Å²) in [5, 5.41) is 9.43. The van der Waals surface area contributed by atoms with Crippen molar-refractivity contribution >= 4 is 23.3 Å². The fourth-order valence-electron chi connectivity index (χ4n) is 4.37. The van der Waals surface area contributed by atoms with Crippen LogP contribution in [0.15, 0.2) is 47.8 Å². The number of nitrogens with zero attached hydrogens (tertiary/aromatic N) is 4. The van der Waals surface area contributed by atoms with Gasteiger partial charge in [-0.1, -0.05) is 26.0 Å². The fraction of sp³-hybridized carbons (Fsp3) is 0.417. The zero-order chi connectivity index (χ0) is 21.6. The second kappa shape index (κ2) is 7.48. The molecule has 1 N–H and O–H groups in total. The first kappa shape index (κ1) is 19.7. The van der Waals surface area contributed by atoms with E-state index in [0.717, 1.165) is 47.4 Å². The summed E-state index contributed by atoms with van der Waals surface area (Å²) in [6.07, 6.45) is 7.41. The van der Waals surface area contributed by atoms with Gasteiger partial charge in [0, 0.05) is 37.6 Å². The van der Waals surface area contributed by atoms with Crippen molar-refractivity contribution in [2.75, 3.05) is 5.32 Å². The van der Waals surface area contributed by atoms with E-state index in [4.69, 9.17) is 5.10 Å². The van der Waals surface area contributed by atoms with E-state index in [1.165, 1.54) is 0 Å². The van der Waals surface area contributed by atoms with E-state index in [-0.39, 0.29) is 18.0 Å². The number of fused-ring (bicyclic) bond motifs is 1. The number of pyridine rings is 1. The summed E-state index contributed by atoms with van der Waals surface area (Å²) in [6, 6.07) is 9.82. The van der Waals surface area contributed by atoms with Crippen LogP contribution in [0.25, 0.3) is 0 Å². The van der Waals surface area contributed by atoms with E-state index < -0.39 is 5.41 Å². The molecule has 0 atom stereocenters. The molecule has 31 heavy (non-hydrogen) atoms. The predicted octanol–water partition coefficient (Wildman–Crippen LogP) is 4.14. The van der Waals surface area contributed by atoms with Crippen LogP contribution in [0.2, 0.25) is 0 Å². The van der Waals surface area contributed by atoms with E-state index >= 15 is 0 Å². The smallest absolute Gasteiger partial charge is 0.316 e. The van der Waals surface area contributed by atoms with Crippen molar-refractivity contribution in [3.05, 3.63) is 59.4 Å². The van der Waals surface area contributed by atoms with Gasteiger partial charge in [0.15, 0.2) is 0 Å². The number of rotatable bonds is 3. The van der Waals surface area contributed by atoms with Gasteiger partial charge in [-0.25, -0.2) is 9.80 Å². The maximum atomic E-state index is 12.8. The van der Waals surface area contributed by atoms with Crippen molar-refractivity contribution in [3.8, 4) is 0 Å². The number of anilines is 1. The van der Waals surface area contributed by atoms with Crippen LogP contribution in [0, 0.1) is 5.41 Å². The Hall–Kier alpha value is -3.22. The number of aromatic nitrogens is 1. The molecule has 1 aromatic carbocycles. The number of carbonyl (C=O) groups excluding carboxylic acids is 2. The van der Waals surface area contributed by atoms with E-state index in [0.29, 0.717) is 19.5 Å². The molecule has 3 amide bonds. The zero-order valence-electron chi connectivity index (χ0n) is 18.0. The zero-order valence-corrected chi connectivity index (χ0v) is 18.0. The predicted molar refractivity (Wildman–Crippen MR) is 118 cm³/mol. The first-order valence-electron chi connectivity index (χ1n) is 10.9. The van der Waals surface area contributed by atoms with Crippen LogP contribution >= 0.6 is 0 Å². The van der Waals surface area contributed by atoms with Gasteiger partial charge in [0.2, 0.25) is 5.91 Å². The van der Waals surface area contributed by atoms with Crippen molar-refractivity contribution in [2.45, 2.75) is 58.7 Å². The largest absolute Gasteiger partial charge is 0.322 e. The Morgan fingerprint density at radius 1 is 1.10 bits per heavy atom. The third-order valence-corrected chi connectivity index (χ3v) is 6.53. The molecule has 7 nitrogen and oxygen atoms in total. The Labute approximate surface area is 182 Å². The highest BCUT2D eigenvalue weighted by molar-refractivity contribution is 6.06. The summed E-state index contributed by atoms with van der Waals surface area (Å²) < 4.78 is 0. The van der Waals surface area contributed by atoms with Crippen molar-refractivity contribution in [3.63, 3.8) is 0 Å². The normalized spacial score (nSPS) is 20.2. The van der Waals surface area contributed by atoms with Gasteiger partial charge in [0.25, 0.3) is 0 Å². The molecule has 5 rings (SSSR count). The van der Waals surface area contributed by atoms with Crippen LogP contribution in [0.3, 0.4) is 0 Å². The first-order valence-corrected chi connectivity index (χ1v) is 10.9. The van der Waals surface area contributed by atoms with Gasteiger partial charge in [-0.15, -0.1) is 0 Å². The number of benzene rings is 1. The highest BCUT2D eigenvalue weighted by Gasteiger charge is 2.42. The number of nitrogens with one attached hydrogen (secondary N) is 1. The van der Waals surface area contributed by atoms with Crippen molar-refractivity contribution in [2.24, 2.45) is 10.5 Å². The van der Waals surface area contributed by atoms with Gasteiger partial charge in [0.05, 0.1) is 17.2 Å². The van der Waals surface area contributed by atoms with E-state index in [1.807, 2.05) is 50.4 Å². The fourth-order valence-corrected chi connectivity index (χ4v) is 4.37. The average molecular weight is 418 g/mol. The summed E-state index contributed by atoms with van der Waals surface area (Å²) in [5.41, 5.74) is 4.43. The van der Waals surface area contributed by atoms with Gasteiger partial charge in [-0.05, 0) is 54.2 Å². The molecule has 160 valence electrons. The maximum Gasteiger partial charge on any atom is 0.322 e. The van der Waals surface area contributed by atoms with Gasteiger partial charge >= 0.3 is 6.03 Å². The number of carbonyl (C=O) groups is 2. The Balaban J connectivity index is 1.29. The molecule has 3 heterocycles.